The molecule has 0 unspecified atom stereocenters. The van der Waals surface area contributed by atoms with Crippen LogP contribution in [0, 0.1) is 0 Å². The summed E-state index contributed by atoms with van der Waals surface area (Å²) >= 11 is 5.93. The second-order valence-electron chi connectivity index (χ2n) is 6.92. The summed E-state index contributed by atoms with van der Waals surface area (Å²) in [4.78, 5) is 18.2. The van der Waals surface area contributed by atoms with Crippen molar-refractivity contribution in [1.29, 1.82) is 0 Å². The van der Waals surface area contributed by atoms with Gasteiger partial charge in [-0.1, -0.05) is 48.0 Å². The predicted molar refractivity (Wildman–Crippen MR) is 130 cm³/mol. The van der Waals surface area contributed by atoms with Crippen LogP contribution < -0.4 is 10.6 Å². The number of rotatable bonds is 7. The minimum absolute atomic E-state index is 0. The first kappa shape index (κ1) is 23.5. The average Bonchev–Trinajstić information content (AvgIpc) is 3.11. The molecule has 5 nitrogen and oxygen atoms in total. The molecule has 1 heterocycles. The number of hydrogen-bond donors (Lipinski definition) is 2. The highest BCUT2D eigenvalue weighted by atomic mass is 127. The van der Waals surface area contributed by atoms with Crippen molar-refractivity contribution in [1.82, 2.24) is 15.5 Å². The van der Waals surface area contributed by atoms with Gasteiger partial charge in [-0.2, -0.15) is 0 Å². The Morgan fingerprint density at radius 3 is 2.48 bits per heavy atom. The van der Waals surface area contributed by atoms with Crippen LogP contribution in [0.3, 0.4) is 0 Å². The average molecular weight is 527 g/mol. The molecule has 0 saturated carbocycles. The molecule has 3 rings (SSSR count). The summed E-state index contributed by atoms with van der Waals surface area (Å²) in [5, 5.41) is 7.47. The van der Waals surface area contributed by atoms with Crippen molar-refractivity contribution in [2.45, 2.75) is 32.4 Å². The number of benzene rings is 2. The Labute approximate surface area is 194 Å². The third kappa shape index (κ3) is 7.19. The topological polar surface area (TPSA) is 56.7 Å². The van der Waals surface area contributed by atoms with Crippen LogP contribution in [-0.2, 0) is 24.3 Å². The van der Waals surface area contributed by atoms with Crippen LogP contribution in [0.2, 0.25) is 5.02 Å². The van der Waals surface area contributed by atoms with Crippen molar-refractivity contribution < 1.29 is 4.79 Å². The third-order valence-electron chi connectivity index (χ3n) is 4.94. The molecule has 0 aliphatic carbocycles. The monoisotopic (exact) mass is 526 g/mol. The van der Waals surface area contributed by atoms with Crippen LogP contribution in [0.25, 0.3) is 0 Å². The number of hydrogen-bond acceptors (Lipinski definition) is 2. The summed E-state index contributed by atoms with van der Waals surface area (Å²) in [6.07, 6.45) is 2.53. The lowest BCUT2D eigenvalue weighted by Crippen LogP contribution is -2.38. The number of nitrogens with one attached hydrogen (secondary N) is 2. The van der Waals surface area contributed by atoms with E-state index in [0.29, 0.717) is 19.5 Å². The van der Waals surface area contributed by atoms with Crippen LogP contribution in [0.4, 0.5) is 0 Å². The number of halogens is 2. The molecule has 2 N–H and O–H groups in total. The van der Waals surface area contributed by atoms with E-state index in [1.807, 2.05) is 41.3 Å². The Morgan fingerprint density at radius 2 is 1.83 bits per heavy atom. The van der Waals surface area contributed by atoms with E-state index in [2.05, 4.69) is 27.8 Å². The summed E-state index contributed by atoms with van der Waals surface area (Å²) in [5.41, 5.74) is 3.60. The predicted octanol–water partition coefficient (Wildman–Crippen LogP) is 3.99. The van der Waals surface area contributed by atoms with Crippen LogP contribution in [0.5, 0.6) is 0 Å². The molecule has 1 saturated heterocycles. The van der Waals surface area contributed by atoms with Gasteiger partial charge in [-0.05, 0) is 41.7 Å². The highest BCUT2D eigenvalue weighted by molar-refractivity contribution is 14.0. The van der Waals surface area contributed by atoms with Crippen LogP contribution in [0.1, 0.15) is 29.5 Å². The van der Waals surface area contributed by atoms with Gasteiger partial charge in [0, 0.05) is 44.7 Å². The molecule has 1 amide bonds. The maximum Gasteiger partial charge on any atom is 0.222 e. The standard InChI is InChI=1S/C22H27ClN4O.HI/c1-24-22(25-13-12-17-8-10-20(23)11-9-17)26-15-18-5-2-3-6-19(18)16-27-14-4-7-21(27)28;/h2-3,5-6,8-11H,4,7,12-16H2,1H3,(H2,24,25,26);1H. The first-order chi connectivity index (χ1) is 13.7. The van der Waals surface area contributed by atoms with E-state index >= 15 is 0 Å². The molecule has 0 bridgehead atoms. The number of amides is 1. The maximum atomic E-state index is 11.9. The molecule has 0 radical (unpaired) electrons. The van der Waals surface area contributed by atoms with Crippen LogP contribution >= 0.6 is 35.6 Å². The van der Waals surface area contributed by atoms with Crippen molar-refractivity contribution in [2.24, 2.45) is 4.99 Å². The fourth-order valence-corrected chi connectivity index (χ4v) is 3.46. The third-order valence-corrected chi connectivity index (χ3v) is 5.19. The fraction of sp³-hybridized carbons (Fsp3) is 0.364. The molecule has 29 heavy (non-hydrogen) atoms. The van der Waals surface area contributed by atoms with Gasteiger partial charge in [0.25, 0.3) is 0 Å². The minimum atomic E-state index is 0. The Kier molecular flexibility index (Phi) is 9.73. The Bertz CT molecular complexity index is 826. The lowest BCUT2D eigenvalue weighted by Gasteiger charge is -2.19. The zero-order chi connectivity index (χ0) is 19.8. The summed E-state index contributed by atoms with van der Waals surface area (Å²) in [6, 6.07) is 16.1. The number of carbonyl (C=O) groups is 1. The summed E-state index contributed by atoms with van der Waals surface area (Å²) < 4.78 is 0. The van der Waals surface area contributed by atoms with Gasteiger partial charge in [-0.15, -0.1) is 24.0 Å². The van der Waals surface area contributed by atoms with Gasteiger partial charge < -0.3 is 15.5 Å². The zero-order valence-electron chi connectivity index (χ0n) is 16.7. The first-order valence-electron chi connectivity index (χ1n) is 9.69. The van der Waals surface area contributed by atoms with Gasteiger partial charge in [0.2, 0.25) is 5.91 Å². The van der Waals surface area contributed by atoms with Crippen molar-refractivity contribution in [3.8, 4) is 0 Å². The second-order valence-corrected chi connectivity index (χ2v) is 7.35. The Morgan fingerprint density at radius 1 is 1.10 bits per heavy atom. The fourth-order valence-electron chi connectivity index (χ4n) is 3.34. The molecule has 1 fully saturated rings. The van der Waals surface area contributed by atoms with Crippen molar-refractivity contribution >= 4 is 47.4 Å². The molecule has 1 aliphatic rings. The van der Waals surface area contributed by atoms with E-state index in [1.165, 1.54) is 16.7 Å². The van der Waals surface area contributed by atoms with Crippen molar-refractivity contribution in [3.63, 3.8) is 0 Å². The molecule has 2 aromatic rings. The highest BCUT2D eigenvalue weighted by Gasteiger charge is 2.20. The SMILES string of the molecule is CN=C(NCCc1ccc(Cl)cc1)NCc1ccccc1CN1CCCC1=O.I. The molecular formula is C22H28ClIN4O. The lowest BCUT2D eigenvalue weighted by atomic mass is 10.1. The maximum absolute atomic E-state index is 11.9. The Balaban J connectivity index is 0.00000300. The van der Waals surface area contributed by atoms with Gasteiger partial charge in [0.1, 0.15) is 0 Å². The zero-order valence-corrected chi connectivity index (χ0v) is 19.7. The molecule has 7 heteroatoms. The van der Waals surface area contributed by atoms with Gasteiger partial charge in [-0.25, -0.2) is 0 Å². The van der Waals surface area contributed by atoms with Crippen molar-refractivity contribution in [3.05, 3.63) is 70.2 Å². The summed E-state index contributed by atoms with van der Waals surface area (Å²) in [5.74, 6) is 1.02. The Hall–Kier alpha value is -1.80. The van der Waals surface area contributed by atoms with Crippen LogP contribution in [-0.4, -0.2) is 36.9 Å². The normalized spacial score (nSPS) is 13.9. The van der Waals surface area contributed by atoms with E-state index in [-0.39, 0.29) is 29.9 Å². The smallest absolute Gasteiger partial charge is 0.222 e. The van der Waals surface area contributed by atoms with Gasteiger partial charge in [0.15, 0.2) is 5.96 Å². The molecule has 156 valence electrons. The van der Waals surface area contributed by atoms with Crippen LogP contribution in [0.15, 0.2) is 53.5 Å². The molecule has 1 aliphatic heterocycles. The van der Waals surface area contributed by atoms with E-state index in [1.54, 1.807) is 7.05 Å². The van der Waals surface area contributed by atoms with Crippen molar-refractivity contribution in [2.75, 3.05) is 20.1 Å². The number of carbonyl (C=O) groups excluding carboxylic acids is 1. The van der Waals surface area contributed by atoms with E-state index in [9.17, 15) is 4.79 Å². The molecular weight excluding hydrogens is 499 g/mol. The summed E-state index contributed by atoms with van der Waals surface area (Å²) in [7, 11) is 1.77. The van der Waals surface area contributed by atoms with E-state index < -0.39 is 0 Å². The molecule has 0 atom stereocenters. The highest BCUT2D eigenvalue weighted by Crippen LogP contribution is 2.17. The largest absolute Gasteiger partial charge is 0.356 e. The second kappa shape index (κ2) is 12.0. The minimum Gasteiger partial charge on any atom is -0.356 e. The lowest BCUT2D eigenvalue weighted by molar-refractivity contribution is -0.128. The van der Waals surface area contributed by atoms with Gasteiger partial charge in [0.05, 0.1) is 0 Å². The molecule has 0 aromatic heterocycles. The van der Waals surface area contributed by atoms with Gasteiger partial charge >= 0.3 is 0 Å². The number of likely N-dealkylation sites (tertiary alicyclic amines) is 1. The molecule has 0 spiro atoms. The number of guanidine groups is 1. The van der Waals surface area contributed by atoms with E-state index in [4.69, 9.17) is 11.6 Å². The van der Waals surface area contributed by atoms with Gasteiger partial charge in [-0.3, -0.25) is 9.79 Å². The number of aliphatic imine (C=N–C) groups is 1. The quantitative estimate of drug-likeness (QED) is 0.326. The summed E-state index contributed by atoms with van der Waals surface area (Å²) in [6.45, 7) is 2.98. The van der Waals surface area contributed by atoms with E-state index in [0.717, 1.165) is 36.9 Å². The first-order valence-corrected chi connectivity index (χ1v) is 10.1. The molecule has 2 aromatic carbocycles. The number of nitrogens with zero attached hydrogens (tertiary/aromatic N) is 2.